The average molecular weight is 136 g/mol. The highest BCUT2D eigenvalue weighted by Gasteiger charge is 1.96. The van der Waals surface area contributed by atoms with E-state index >= 15 is 0 Å². The molecule has 1 aromatic heterocycles. The number of rotatable bonds is 1. The molecule has 1 radical (unpaired) electrons. The molecule has 0 spiro atoms. The Hall–Kier alpha value is -1.05. The second-order valence-electron chi connectivity index (χ2n) is 2.24. The molecular weight excluding hydrogens is 126 g/mol. The lowest BCUT2D eigenvalue weighted by molar-refractivity contribution is 1.12. The molecule has 2 nitrogen and oxygen atoms in total. The molecular formula is C8H10NO. The molecule has 0 aliphatic heterocycles. The standard InChI is InChI=1S/C8H10NO/c1-3-7-5-9-4-6(2)8(7)10/h4-5H,1,3H2,2H3,(H,9,10). The largest absolute Gasteiger partial charge is 0.367 e. The Morgan fingerprint density at radius 1 is 1.60 bits per heavy atom. The third kappa shape index (κ3) is 1.10. The van der Waals surface area contributed by atoms with Crippen LogP contribution < -0.4 is 5.43 Å². The first kappa shape index (κ1) is 7.06. The third-order valence-corrected chi connectivity index (χ3v) is 1.48. The first-order chi connectivity index (χ1) is 4.75. The molecule has 0 atom stereocenters. The van der Waals surface area contributed by atoms with Gasteiger partial charge in [0.25, 0.3) is 0 Å². The third-order valence-electron chi connectivity index (χ3n) is 1.48. The Kier molecular flexibility index (Phi) is 1.90. The van der Waals surface area contributed by atoms with Crippen molar-refractivity contribution in [2.45, 2.75) is 13.3 Å². The van der Waals surface area contributed by atoms with E-state index in [1.54, 1.807) is 19.3 Å². The Morgan fingerprint density at radius 3 is 2.80 bits per heavy atom. The van der Waals surface area contributed by atoms with E-state index in [9.17, 15) is 4.79 Å². The zero-order valence-electron chi connectivity index (χ0n) is 5.98. The van der Waals surface area contributed by atoms with E-state index in [1.807, 2.05) is 0 Å². The molecule has 0 saturated carbocycles. The summed E-state index contributed by atoms with van der Waals surface area (Å²) in [4.78, 5) is 14.0. The van der Waals surface area contributed by atoms with Crippen LogP contribution in [-0.4, -0.2) is 4.98 Å². The summed E-state index contributed by atoms with van der Waals surface area (Å²) in [7, 11) is 0. The van der Waals surface area contributed by atoms with Gasteiger partial charge in [0, 0.05) is 23.5 Å². The van der Waals surface area contributed by atoms with Crippen LogP contribution in [0.15, 0.2) is 17.2 Å². The van der Waals surface area contributed by atoms with Gasteiger partial charge in [-0.3, -0.25) is 4.79 Å². The monoisotopic (exact) mass is 136 g/mol. The summed E-state index contributed by atoms with van der Waals surface area (Å²) < 4.78 is 0. The van der Waals surface area contributed by atoms with Crippen LogP contribution in [0.2, 0.25) is 0 Å². The van der Waals surface area contributed by atoms with Gasteiger partial charge in [-0.05, 0) is 20.3 Å². The highest BCUT2D eigenvalue weighted by Crippen LogP contribution is 1.91. The smallest absolute Gasteiger partial charge is 0.187 e. The summed E-state index contributed by atoms with van der Waals surface area (Å²) >= 11 is 0. The number of nitrogens with one attached hydrogen (secondary N) is 1. The lowest BCUT2D eigenvalue weighted by Crippen LogP contribution is -2.10. The predicted molar refractivity (Wildman–Crippen MR) is 40.9 cm³/mol. The molecule has 1 rings (SSSR count). The van der Waals surface area contributed by atoms with Gasteiger partial charge in [-0.2, -0.15) is 0 Å². The fourth-order valence-electron chi connectivity index (χ4n) is 0.837. The van der Waals surface area contributed by atoms with Crippen molar-refractivity contribution in [3.8, 4) is 0 Å². The lowest BCUT2D eigenvalue weighted by Gasteiger charge is -1.94. The number of aromatic amines is 1. The number of aryl methyl sites for hydroxylation is 1. The molecule has 1 aromatic rings. The Balaban J connectivity index is 3.28. The van der Waals surface area contributed by atoms with Crippen LogP contribution >= 0.6 is 0 Å². The average Bonchev–Trinajstić information content (AvgIpc) is 1.95. The Morgan fingerprint density at radius 2 is 2.30 bits per heavy atom. The molecule has 53 valence electrons. The quantitative estimate of drug-likeness (QED) is 0.615. The molecule has 0 amide bonds. The summed E-state index contributed by atoms with van der Waals surface area (Å²) in [6.45, 7) is 5.43. The predicted octanol–water partition coefficient (Wildman–Crippen LogP) is 1.06. The van der Waals surface area contributed by atoms with E-state index in [0.717, 1.165) is 11.1 Å². The fourth-order valence-corrected chi connectivity index (χ4v) is 0.837. The SMILES string of the molecule is [CH2]Cc1c[nH]cc(C)c1=O. The number of pyridine rings is 1. The highest BCUT2D eigenvalue weighted by molar-refractivity contribution is 5.17. The topological polar surface area (TPSA) is 32.9 Å². The fraction of sp³-hybridized carbons (Fsp3) is 0.250. The van der Waals surface area contributed by atoms with Crippen LogP contribution in [0.4, 0.5) is 0 Å². The van der Waals surface area contributed by atoms with E-state index in [1.165, 1.54) is 0 Å². The minimum absolute atomic E-state index is 0.105. The lowest BCUT2D eigenvalue weighted by atomic mass is 10.2. The van der Waals surface area contributed by atoms with Gasteiger partial charge in [0.15, 0.2) is 5.43 Å². The summed E-state index contributed by atoms with van der Waals surface area (Å²) in [5.74, 6) is 0. The summed E-state index contributed by atoms with van der Waals surface area (Å²) in [5, 5.41) is 0. The molecule has 0 saturated heterocycles. The zero-order valence-corrected chi connectivity index (χ0v) is 5.98. The van der Waals surface area contributed by atoms with E-state index in [-0.39, 0.29) is 5.43 Å². The van der Waals surface area contributed by atoms with E-state index in [2.05, 4.69) is 11.9 Å². The van der Waals surface area contributed by atoms with E-state index in [4.69, 9.17) is 0 Å². The maximum atomic E-state index is 11.1. The van der Waals surface area contributed by atoms with Gasteiger partial charge < -0.3 is 4.98 Å². The Labute approximate surface area is 59.9 Å². The van der Waals surface area contributed by atoms with Gasteiger partial charge in [-0.15, -0.1) is 0 Å². The van der Waals surface area contributed by atoms with Gasteiger partial charge in [-0.25, -0.2) is 0 Å². The van der Waals surface area contributed by atoms with Gasteiger partial charge in [0.05, 0.1) is 0 Å². The molecule has 1 N–H and O–H groups in total. The van der Waals surface area contributed by atoms with Crippen LogP contribution in [0.1, 0.15) is 11.1 Å². The van der Waals surface area contributed by atoms with Crippen molar-refractivity contribution in [2.24, 2.45) is 0 Å². The molecule has 0 unspecified atom stereocenters. The van der Waals surface area contributed by atoms with Gasteiger partial charge in [0.2, 0.25) is 0 Å². The van der Waals surface area contributed by atoms with Crippen LogP contribution in [0.3, 0.4) is 0 Å². The second kappa shape index (κ2) is 2.69. The highest BCUT2D eigenvalue weighted by atomic mass is 16.1. The minimum atomic E-state index is 0.105. The molecule has 1 heterocycles. The molecule has 0 fully saturated rings. The first-order valence-corrected chi connectivity index (χ1v) is 3.21. The van der Waals surface area contributed by atoms with Crippen molar-refractivity contribution < 1.29 is 0 Å². The molecule has 0 aliphatic rings. The summed E-state index contributed by atoms with van der Waals surface area (Å²) in [6, 6.07) is 0. The van der Waals surface area contributed by atoms with Crippen molar-refractivity contribution in [1.82, 2.24) is 4.98 Å². The van der Waals surface area contributed by atoms with Crippen LogP contribution in [-0.2, 0) is 6.42 Å². The number of H-pyrrole nitrogens is 1. The molecule has 0 bridgehead atoms. The normalized spacial score (nSPS) is 9.80. The van der Waals surface area contributed by atoms with Crippen molar-refractivity contribution in [3.05, 3.63) is 40.7 Å². The van der Waals surface area contributed by atoms with E-state index < -0.39 is 0 Å². The maximum Gasteiger partial charge on any atom is 0.187 e. The minimum Gasteiger partial charge on any atom is -0.367 e. The van der Waals surface area contributed by atoms with E-state index in [0.29, 0.717) is 6.42 Å². The zero-order chi connectivity index (χ0) is 7.56. The number of hydrogen-bond donors (Lipinski definition) is 1. The van der Waals surface area contributed by atoms with Gasteiger partial charge >= 0.3 is 0 Å². The van der Waals surface area contributed by atoms with Crippen molar-refractivity contribution in [3.63, 3.8) is 0 Å². The molecule has 2 heteroatoms. The number of hydrogen-bond acceptors (Lipinski definition) is 1. The number of aromatic nitrogens is 1. The Bertz CT molecular complexity index is 275. The van der Waals surface area contributed by atoms with Crippen molar-refractivity contribution in [2.75, 3.05) is 0 Å². The molecule has 0 aromatic carbocycles. The maximum absolute atomic E-state index is 11.1. The molecule has 0 aliphatic carbocycles. The van der Waals surface area contributed by atoms with Crippen LogP contribution in [0.25, 0.3) is 0 Å². The summed E-state index contributed by atoms with van der Waals surface area (Å²) in [6.07, 6.45) is 3.95. The van der Waals surface area contributed by atoms with Crippen LogP contribution in [0.5, 0.6) is 0 Å². The molecule has 10 heavy (non-hydrogen) atoms. The van der Waals surface area contributed by atoms with Gasteiger partial charge in [-0.1, -0.05) is 0 Å². The van der Waals surface area contributed by atoms with Crippen molar-refractivity contribution >= 4 is 0 Å². The van der Waals surface area contributed by atoms with Crippen molar-refractivity contribution in [1.29, 1.82) is 0 Å². The second-order valence-corrected chi connectivity index (χ2v) is 2.24. The van der Waals surface area contributed by atoms with Crippen LogP contribution in [0, 0.1) is 13.8 Å². The summed E-state index contributed by atoms with van der Waals surface area (Å²) in [5.41, 5.74) is 1.61. The first-order valence-electron chi connectivity index (χ1n) is 3.21. The van der Waals surface area contributed by atoms with Gasteiger partial charge in [0.1, 0.15) is 0 Å².